The summed E-state index contributed by atoms with van der Waals surface area (Å²) in [6.45, 7) is 8.66. The molecule has 3 rings (SSSR count). The molecule has 0 spiro atoms. The standard InChI is InChI=1S/C23H31NO3/c1-17(2)19-9-11-21(12-10-19)27-18(3)15-24-20-6-4-7-22(14-20)26-16-23-8-5-13-25-23/h4,6-7,9-12,14,17-18,23-24H,5,8,13,15-16H2,1-3H3/t18-,23+/m0/s1. The van der Waals surface area contributed by atoms with Crippen molar-refractivity contribution in [1.29, 1.82) is 0 Å². The van der Waals surface area contributed by atoms with Crippen molar-refractivity contribution in [2.75, 3.05) is 25.1 Å². The van der Waals surface area contributed by atoms with Gasteiger partial charge in [-0.05, 0) is 55.5 Å². The van der Waals surface area contributed by atoms with E-state index in [9.17, 15) is 0 Å². The average Bonchev–Trinajstić information content (AvgIpc) is 3.19. The molecule has 2 aromatic rings. The summed E-state index contributed by atoms with van der Waals surface area (Å²) in [5.74, 6) is 2.31. The van der Waals surface area contributed by atoms with Crippen molar-refractivity contribution in [2.24, 2.45) is 0 Å². The van der Waals surface area contributed by atoms with Crippen molar-refractivity contribution in [2.45, 2.75) is 51.7 Å². The molecule has 1 saturated heterocycles. The lowest BCUT2D eigenvalue weighted by molar-refractivity contribution is 0.0680. The highest BCUT2D eigenvalue weighted by atomic mass is 16.5. The van der Waals surface area contributed by atoms with Crippen LogP contribution in [0.25, 0.3) is 0 Å². The maximum absolute atomic E-state index is 6.01. The second kappa shape index (κ2) is 9.65. The van der Waals surface area contributed by atoms with E-state index in [2.05, 4.69) is 38.2 Å². The van der Waals surface area contributed by atoms with Crippen LogP contribution in [0.3, 0.4) is 0 Å². The van der Waals surface area contributed by atoms with Crippen LogP contribution in [-0.4, -0.2) is 32.0 Å². The maximum Gasteiger partial charge on any atom is 0.121 e. The lowest BCUT2D eigenvalue weighted by atomic mass is 10.0. The number of rotatable bonds is 9. The van der Waals surface area contributed by atoms with Crippen molar-refractivity contribution < 1.29 is 14.2 Å². The number of benzene rings is 2. The minimum absolute atomic E-state index is 0.0614. The molecule has 0 aromatic heterocycles. The summed E-state index contributed by atoms with van der Waals surface area (Å²) in [6, 6.07) is 16.4. The monoisotopic (exact) mass is 369 g/mol. The molecule has 0 unspecified atom stereocenters. The number of ether oxygens (including phenoxy) is 3. The first-order valence-corrected chi connectivity index (χ1v) is 9.95. The van der Waals surface area contributed by atoms with Crippen LogP contribution in [0.5, 0.6) is 11.5 Å². The van der Waals surface area contributed by atoms with Gasteiger partial charge < -0.3 is 19.5 Å². The third kappa shape index (κ3) is 6.17. The lowest BCUT2D eigenvalue weighted by Gasteiger charge is -2.17. The van der Waals surface area contributed by atoms with Crippen LogP contribution >= 0.6 is 0 Å². The Labute approximate surface area is 162 Å². The Bertz CT molecular complexity index is 693. The SMILES string of the molecule is CC(C)c1ccc(O[C@@H](C)CNc2cccc(OC[C@H]3CCCO3)c2)cc1. The Hall–Kier alpha value is -2.20. The van der Waals surface area contributed by atoms with Crippen LogP contribution in [-0.2, 0) is 4.74 Å². The van der Waals surface area contributed by atoms with Crippen molar-refractivity contribution in [3.05, 3.63) is 54.1 Å². The van der Waals surface area contributed by atoms with Crippen LogP contribution in [0.4, 0.5) is 5.69 Å². The molecule has 1 aliphatic rings. The van der Waals surface area contributed by atoms with E-state index in [0.29, 0.717) is 12.5 Å². The zero-order chi connectivity index (χ0) is 19.1. The van der Waals surface area contributed by atoms with Gasteiger partial charge in [-0.1, -0.05) is 32.0 Å². The van der Waals surface area contributed by atoms with E-state index in [0.717, 1.165) is 43.2 Å². The Morgan fingerprint density at radius 2 is 1.89 bits per heavy atom. The van der Waals surface area contributed by atoms with Crippen LogP contribution in [0.1, 0.15) is 45.1 Å². The molecule has 1 aliphatic heterocycles. The lowest BCUT2D eigenvalue weighted by Crippen LogP contribution is -2.22. The van der Waals surface area contributed by atoms with Crippen LogP contribution in [0.2, 0.25) is 0 Å². The summed E-state index contributed by atoms with van der Waals surface area (Å²) < 4.78 is 17.5. The van der Waals surface area contributed by atoms with Crippen molar-refractivity contribution in [3.63, 3.8) is 0 Å². The topological polar surface area (TPSA) is 39.7 Å². The highest BCUT2D eigenvalue weighted by Crippen LogP contribution is 2.21. The smallest absolute Gasteiger partial charge is 0.121 e. The van der Waals surface area contributed by atoms with Gasteiger partial charge in [-0.25, -0.2) is 0 Å². The van der Waals surface area contributed by atoms with Crippen molar-refractivity contribution in [1.82, 2.24) is 0 Å². The number of anilines is 1. The molecule has 2 atom stereocenters. The largest absolute Gasteiger partial charge is 0.491 e. The summed E-state index contributed by atoms with van der Waals surface area (Å²) >= 11 is 0. The van der Waals surface area contributed by atoms with Gasteiger partial charge in [0.1, 0.15) is 24.2 Å². The Kier molecular flexibility index (Phi) is 6.99. The van der Waals surface area contributed by atoms with Gasteiger partial charge in [-0.3, -0.25) is 0 Å². The van der Waals surface area contributed by atoms with E-state index in [4.69, 9.17) is 14.2 Å². The van der Waals surface area contributed by atoms with E-state index in [1.807, 2.05) is 36.4 Å². The molecular formula is C23H31NO3. The van der Waals surface area contributed by atoms with Gasteiger partial charge in [0.05, 0.1) is 12.6 Å². The van der Waals surface area contributed by atoms with Crippen LogP contribution in [0.15, 0.2) is 48.5 Å². The number of hydrogen-bond acceptors (Lipinski definition) is 4. The zero-order valence-corrected chi connectivity index (χ0v) is 16.6. The molecule has 27 heavy (non-hydrogen) atoms. The fourth-order valence-electron chi connectivity index (χ4n) is 3.13. The van der Waals surface area contributed by atoms with Crippen molar-refractivity contribution >= 4 is 5.69 Å². The minimum atomic E-state index is 0.0614. The molecule has 2 aromatic carbocycles. The first kappa shape index (κ1) is 19.6. The second-order valence-electron chi connectivity index (χ2n) is 7.51. The molecule has 146 valence electrons. The predicted molar refractivity (Wildman–Crippen MR) is 110 cm³/mol. The van der Waals surface area contributed by atoms with Gasteiger partial charge in [0.2, 0.25) is 0 Å². The third-order valence-corrected chi connectivity index (χ3v) is 4.77. The van der Waals surface area contributed by atoms with Gasteiger partial charge in [-0.2, -0.15) is 0 Å². The second-order valence-corrected chi connectivity index (χ2v) is 7.51. The summed E-state index contributed by atoms with van der Waals surface area (Å²) in [5, 5.41) is 3.43. The van der Waals surface area contributed by atoms with Gasteiger partial charge in [-0.15, -0.1) is 0 Å². The highest BCUT2D eigenvalue weighted by molar-refractivity contribution is 5.48. The van der Waals surface area contributed by atoms with Gasteiger partial charge in [0, 0.05) is 18.4 Å². The highest BCUT2D eigenvalue weighted by Gasteiger charge is 2.16. The van der Waals surface area contributed by atoms with Crippen LogP contribution < -0.4 is 14.8 Å². The first-order chi connectivity index (χ1) is 13.1. The molecule has 4 nitrogen and oxygen atoms in total. The van der Waals surface area contributed by atoms with Gasteiger partial charge >= 0.3 is 0 Å². The molecule has 0 saturated carbocycles. The Morgan fingerprint density at radius 1 is 1.07 bits per heavy atom. The fourth-order valence-corrected chi connectivity index (χ4v) is 3.13. The summed E-state index contributed by atoms with van der Waals surface area (Å²) in [5.41, 5.74) is 2.36. The molecule has 0 amide bonds. The molecule has 0 bridgehead atoms. The maximum atomic E-state index is 6.01. The molecule has 4 heteroatoms. The molecule has 0 aliphatic carbocycles. The van der Waals surface area contributed by atoms with Gasteiger partial charge in [0.25, 0.3) is 0 Å². The summed E-state index contributed by atoms with van der Waals surface area (Å²) in [4.78, 5) is 0. The Morgan fingerprint density at radius 3 is 2.59 bits per heavy atom. The van der Waals surface area contributed by atoms with E-state index in [-0.39, 0.29) is 12.2 Å². The summed E-state index contributed by atoms with van der Waals surface area (Å²) in [6.07, 6.45) is 2.52. The quantitative estimate of drug-likeness (QED) is 0.655. The first-order valence-electron chi connectivity index (χ1n) is 9.95. The third-order valence-electron chi connectivity index (χ3n) is 4.77. The minimum Gasteiger partial charge on any atom is -0.491 e. The molecule has 1 fully saturated rings. The van der Waals surface area contributed by atoms with Crippen molar-refractivity contribution in [3.8, 4) is 11.5 Å². The van der Waals surface area contributed by atoms with E-state index in [1.165, 1.54) is 5.56 Å². The van der Waals surface area contributed by atoms with Gasteiger partial charge in [0.15, 0.2) is 0 Å². The van der Waals surface area contributed by atoms with E-state index in [1.54, 1.807) is 0 Å². The van der Waals surface area contributed by atoms with E-state index >= 15 is 0 Å². The molecule has 0 radical (unpaired) electrons. The number of nitrogens with one attached hydrogen (secondary N) is 1. The molecule has 1 N–H and O–H groups in total. The Balaban J connectivity index is 1.45. The normalized spacial score (nSPS) is 17.7. The zero-order valence-electron chi connectivity index (χ0n) is 16.6. The summed E-state index contributed by atoms with van der Waals surface area (Å²) in [7, 11) is 0. The number of hydrogen-bond donors (Lipinski definition) is 1. The average molecular weight is 370 g/mol. The predicted octanol–water partition coefficient (Wildman–Crippen LogP) is 5.25. The molecule has 1 heterocycles. The van der Waals surface area contributed by atoms with E-state index < -0.39 is 0 Å². The van der Waals surface area contributed by atoms with Crippen LogP contribution in [0, 0.1) is 0 Å². The molecular weight excluding hydrogens is 338 g/mol. The fraction of sp³-hybridized carbons (Fsp3) is 0.478.